The van der Waals surface area contributed by atoms with Gasteiger partial charge in [-0.05, 0) is 26.7 Å². The summed E-state index contributed by atoms with van der Waals surface area (Å²) in [5.41, 5.74) is 0.207. The Morgan fingerprint density at radius 2 is 2.05 bits per heavy atom. The maximum Gasteiger partial charge on any atom is 0.309 e. The molecule has 0 unspecified atom stereocenters. The smallest absolute Gasteiger partial charge is 0.309 e. The highest BCUT2D eigenvalue weighted by atomic mass is 16.5. The van der Waals surface area contributed by atoms with Gasteiger partial charge >= 0.3 is 5.97 Å². The molecule has 104 valence electrons. The van der Waals surface area contributed by atoms with E-state index in [1.807, 2.05) is 11.8 Å². The lowest BCUT2D eigenvalue weighted by molar-refractivity contribution is -0.149. The summed E-state index contributed by atoms with van der Waals surface area (Å²) < 4.78 is 5.13. The normalized spacial score (nSPS) is 18.2. The lowest BCUT2D eigenvalue weighted by atomic mass is 9.80. The van der Waals surface area contributed by atoms with Gasteiger partial charge in [-0.25, -0.2) is 4.98 Å². The van der Waals surface area contributed by atoms with Crippen LogP contribution in [0.4, 0.5) is 5.95 Å². The van der Waals surface area contributed by atoms with Gasteiger partial charge in [-0.3, -0.25) is 4.79 Å². The summed E-state index contributed by atoms with van der Waals surface area (Å²) in [5.74, 6) is 0.424. The van der Waals surface area contributed by atoms with Gasteiger partial charge in [-0.2, -0.15) is 4.98 Å². The minimum Gasteiger partial charge on any atom is -0.481 e. The second-order valence-corrected chi connectivity index (χ2v) is 5.20. The zero-order valence-corrected chi connectivity index (χ0v) is 11.5. The Kier molecular flexibility index (Phi) is 3.59. The van der Waals surface area contributed by atoms with Crippen molar-refractivity contribution >= 4 is 11.9 Å². The van der Waals surface area contributed by atoms with Crippen LogP contribution in [0.3, 0.4) is 0 Å². The molecule has 0 bridgehead atoms. The molecule has 1 fully saturated rings. The Balaban J connectivity index is 2.13. The van der Waals surface area contributed by atoms with Crippen LogP contribution in [-0.4, -0.2) is 41.2 Å². The van der Waals surface area contributed by atoms with Crippen LogP contribution >= 0.6 is 0 Å². The summed E-state index contributed by atoms with van der Waals surface area (Å²) >= 11 is 0. The van der Waals surface area contributed by atoms with Gasteiger partial charge in [0.25, 0.3) is 0 Å². The molecule has 1 aromatic rings. The molecule has 2 heterocycles. The summed E-state index contributed by atoms with van der Waals surface area (Å²) in [6.45, 7) is 4.98. The summed E-state index contributed by atoms with van der Waals surface area (Å²) in [6.07, 6.45) is 1.20. The van der Waals surface area contributed by atoms with Gasteiger partial charge in [0.2, 0.25) is 11.8 Å². The number of aryl methyl sites for hydroxylation is 1. The molecule has 2 rings (SSSR count). The number of aromatic nitrogens is 2. The van der Waals surface area contributed by atoms with E-state index in [2.05, 4.69) is 9.97 Å². The maximum atomic E-state index is 11.2. The van der Waals surface area contributed by atoms with Crippen molar-refractivity contribution in [2.45, 2.75) is 26.7 Å². The zero-order chi connectivity index (χ0) is 14.0. The molecular formula is C13H19N3O3. The van der Waals surface area contributed by atoms with Gasteiger partial charge < -0.3 is 14.7 Å². The molecule has 1 aromatic heterocycles. The lowest BCUT2D eigenvalue weighted by Gasteiger charge is -2.36. The molecule has 19 heavy (non-hydrogen) atoms. The number of hydrogen-bond acceptors (Lipinski definition) is 5. The summed E-state index contributed by atoms with van der Waals surface area (Å²) in [6, 6.07) is 1.77. The van der Waals surface area contributed by atoms with Crippen LogP contribution in [0.1, 0.15) is 25.5 Å². The first-order chi connectivity index (χ1) is 8.94. The van der Waals surface area contributed by atoms with Crippen LogP contribution in [-0.2, 0) is 4.79 Å². The number of ether oxygens (including phenoxy) is 1. The van der Waals surface area contributed by atoms with Crippen LogP contribution in [0, 0.1) is 12.3 Å². The fourth-order valence-corrected chi connectivity index (χ4v) is 2.18. The van der Waals surface area contributed by atoms with Crippen molar-refractivity contribution in [1.82, 2.24) is 9.97 Å². The quantitative estimate of drug-likeness (QED) is 0.892. The number of anilines is 1. The standard InChI is InChI=1S/C13H19N3O3/c1-9-8-10(19-3)15-12(14-9)16-6-4-13(2,5-7-16)11(17)18/h8H,4-7H2,1-3H3,(H,17,18). The van der Waals surface area contributed by atoms with E-state index in [0.717, 1.165) is 5.69 Å². The third kappa shape index (κ3) is 2.77. The molecule has 0 radical (unpaired) electrons. The Bertz CT molecular complexity index is 482. The molecule has 0 saturated carbocycles. The number of carboxylic acids is 1. The van der Waals surface area contributed by atoms with Crippen LogP contribution in [0.2, 0.25) is 0 Å². The maximum absolute atomic E-state index is 11.2. The lowest BCUT2D eigenvalue weighted by Crippen LogP contribution is -2.43. The third-order valence-electron chi connectivity index (χ3n) is 3.69. The van der Waals surface area contributed by atoms with E-state index in [1.165, 1.54) is 0 Å². The highest BCUT2D eigenvalue weighted by Gasteiger charge is 2.37. The van der Waals surface area contributed by atoms with Crippen LogP contribution in [0.15, 0.2) is 6.07 Å². The van der Waals surface area contributed by atoms with Gasteiger partial charge in [-0.1, -0.05) is 0 Å². The number of methoxy groups -OCH3 is 1. The first kappa shape index (κ1) is 13.6. The highest BCUT2D eigenvalue weighted by molar-refractivity contribution is 5.74. The van der Waals surface area contributed by atoms with Gasteiger partial charge in [0.15, 0.2) is 0 Å². The van der Waals surface area contributed by atoms with E-state index in [1.54, 1.807) is 20.1 Å². The van der Waals surface area contributed by atoms with E-state index >= 15 is 0 Å². The van der Waals surface area contributed by atoms with Crippen molar-refractivity contribution in [2.24, 2.45) is 5.41 Å². The second kappa shape index (κ2) is 5.03. The summed E-state index contributed by atoms with van der Waals surface area (Å²) in [7, 11) is 1.57. The Morgan fingerprint density at radius 3 is 2.58 bits per heavy atom. The molecule has 6 nitrogen and oxygen atoms in total. The Labute approximate surface area is 112 Å². The molecule has 0 aromatic carbocycles. The molecule has 0 aliphatic carbocycles. The number of hydrogen-bond donors (Lipinski definition) is 1. The van der Waals surface area contributed by atoms with Crippen LogP contribution < -0.4 is 9.64 Å². The zero-order valence-electron chi connectivity index (χ0n) is 11.5. The fourth-order valence-electron chi connectivity index (χ4n) is 2.18. The predicted octanol–water partition coefficient (Wildman–Crippen LogP) is 1.48. The molecule has 0 amide bonds. The van der Waals surface area contributed by atoms with E-state index in [0.29, 0.717) is 37.8 Å². The van der Waals surface area contributed by atoms with Crippen molar-refractivity contribution in [3.8, 4) is 5.88 Å². The van der Waals surface area contributed by atoms with Gasteiger partial charge in [0.05, 0.1) is 12.5 Å². The Morgan fingerprint density at radius 1 is 1.42 bits per heavy atom. The van der Waals surface area contributed by atoms with Crippen LogP contribution in [0.25, 0.3) is 0 Å². The number of nitrogens with zero attached hydrogens (tertiary/aromatic N) is 3. The molecule has 1 aliphatic rings. The van der Waals surface area contributed by atoms with E-state index in [9.17, 15) is 9.90 Å². The van der Waals surface area contributed by atoms with Gasteiger partial charge in [-0.15, -0.1) is 0 Å². The van der Waals surface area contributed by atoms with Gasteiger partial charge in [0, 0.05) is 24.8 Å². The molecule has 1 saturated heterocycles. The van der Waals surface area contributed by atoms with E-state index < -0.39 is 11.4 Å². The molecule has 1 aliphatic heterocycles. The number of carboxylic acid groups (broad SMARTS) is 1. The predicted molar refractivity (Wildman–Crippen MR) is 70.5 cm³/mol. The number of rotatable bonds is 3. The van der Waals surface area contributed by atoms with Gasteiger partial charge in [0.1, 0.15) is 0 Å². The number of piperidine rings is 1. The fraction of sp³-hybridized carbons (Fsp3) is 0.615. The molecular weight excluding hydrogens is 246 g/mol. The highest BCUT2D eigenvalue weighted by Crippen LogP contribution is 2.32. The number of aliphatic carboxylic acids is 1. The van der Waals surface area contributed by atoms with Crippen molar-refractivity contribution < 1.29 is 14.6 Å². The second-order valence-electron chi connectivity index (χ2n) is 5.20. The first-order valence-electron chi connectivity index (χ1n) is 6.33. The molecule has 0 spiro atoms. The monoisotopic (exact) mass is 265 g/mol. The summed E-state index contributed by atoms with van der Waals surface area (Å²) in [5, 5.41) is 9.21. The first-order valence-corrected chi connectivity index (χ1v) is 6.33. The Hall–Kier alpha value is -1.85. The molecule has 0 atom stereocenters. The van der Waals surface area contributed by atoms with Crippen molar-refractivity contribution in [1.29, 1.82) is 0 Å². The largest absolute Gasteiger partial charge is 0.481 e. The SMILES string of the molecule is COc1cc(C)nc(N2CCC(C)(C(=O)O)CC2)n1. The van der Waals surface area contributed by atoms with Crippen molar-refractivity contribution in [2.75, 3.05) is 25.1 Å². The van der Waals surface area contributed by atoms with Crippen molar-refractivity contribution in [3.05, 3.63) is 11.8 Å². The number of carbonyl (C=O) groups is 1. The van der Waals surface area contributed by atoms with E-state index in [4.69, 9.17) is 4.74 Å². The third-order valence-corrected chi connectivity index (χ3v) is 3.69. The minimum atomic E-state index is -0.727. The minimum absolute atomic E-state index is 0.536. The van der Waals surface area contributed by atoms with E-state index in [-0.39, 0.29) is 0 Å². The molecule has 1 N–H and O–H groups in total. The van der Waals surface area contributed by atoms with Crippen molar-refractivity contribution in [3.63, 3.8) is 0 Å². The summed E-state index contributed by atoms with van der Waals surface area (Å²) in [4.78, 5) is 21.9. The molecule has 6 heteroatoms. The topological polar surface area (TPSA) is 75.5 Å². The van der Waals surface area contributed by atoms with Crippen LogP contribution in [0.5, 0.6) is 5.88 Å². The average Bonchev–Trinajstić information content (AvgIpc) is 2.38. The average molecular weight is 265 g/mol.